The summed E-state index contributed by atoms with van der Waals surface area (Å²) in [5.41, 5.74) is 0.258. The van der Waals surface area contributed by atoms with Crippen LogP contribution < -0.4 is 10.1 Å². The average molecular weight is 645 g/mol. The Morgan fingerprint density at radius 3 is 2.48 bits per heavy atom. The molecule has 2 aromatic carbocycles. The standard InChI is InChI=1S/C24H26Cl2F3N3O6S2/c1-3-40(36,37)22-7-6-17(25)9-16(22)12-30-23(33)15-10-20(26)19(21(11-15)38-24(27,28)29)14-32-8-4-5-18(13-32)31-39(2,34)35/h6-7,9-11H,3-5,8,12-14H2,1-2H3,(H,30,33)/b31-18+. The van der Waals surface area contributed by atoms with Gasteiger partial charge in [-0.2, -0.15) is 4.40 Å². The molecule has 0 bridgehead atoms. The van der Waals surface area contributed by atoms with Crippen LogP contribution in [0.25, 0.3) is 0 Å². The molecule has 9 nitrogen and oxygen atoms in total. The number of likely N-dealkylation sites (tertiary alicyclic amines) is 1. The van der Waals surface area contributed by atoms with Crippen LogP contribution in [0.2, 0.25) is 10.0 Å². The van der Waals surface area contributed by atoms with Crippen LogP contribution in [0.4, 0.5) is 13.2 Å². The molecule has 0 radical (unpaired) electrons. The zero-order chi connectivity index (χ0) is 29.9. The van der Waals surface area contributed by atoms with E-state index in [1.54, 1.807) is 4.90 Å². The summed E-state index contributed by atoms with van der Waals surface area (Å²) in [4.78, 5) is 14.5. The number of nitrogens with zero attached hydrogens (tertiary/aromatic N) is 2. The van der Waals surface area contributed by atoms with E-state index in [0.29, 0.717) is 25.1 Å². The van der Waals surface area contributed by atoms with Gasteiger partial charge < -0.3 is 10.1 Å². The Bertz CT molecular complexity index is 1530. The van der Waals surface area contributed by atoms with Crippen molar-refractivity contribution in [2.45, 2.75) is 44.1 Å². The number of alkyl halides is 3. The Morgan fingerprint density at radius 2 is 1.85 bits per heavy atom. The van der Waals surface area contributed by atoms with Gasteiger partial charge in [0.1, 0.15) is 5.75 Å². The van der Waals surface area contributed by atoms with Crippen molar-refractivity contribution >= 4 is 54.7 Å². The molecule has 220 valence electrons. The summed E-state index contributed by atoms with van der Waals surface area (Å²) >= 11 is 12.3. The molecule has 1 amide bonds. The van der Waals surface area contributed by atoms with Crippen molar-refractivity contribution in [3.8, 4) is 5.75 Å². The second-order valence-corrected chi connectivity index (χ2v) is 13.8. The van der Waals surface area contributed by atoms with Crippen LogP contribution in [0.1, 0.15) is 41.3 Å². The molecular formula is C24H26Cl2F3N3O6S2. The van der Waals surface area contributed by atoms with Crippen LogP contribution in [0, 0.1) is 0 Å². The maximum Gasteiger partial charge on any atom is 0.573 e. The second kappa shape index (κ2) is 12.6. The zero-order valence-corrected chi connectivity index (χ0v) is 24.5. The van der Waals surface area contributed by atoms with Gasteiger partial charge in [-0.1, -0.05) is 30.1 Å². The van der Waals surface area contributed by atoms with Crippen molar-refractivity contribution in [2.75, 3.05) is 25.1 Å². The van der Waals surface area contributed by atoms with Gasteiger partial charge in [0, 0.05) is 46.5 Å². The number of benzene rings is 2. The first kappa shape index (κ1) is 32.1. The molecule has 0 spiro atoms. The van der Waals surface area contributed by atoms with Gasteiger partial charge in [0.05, 0.1) is 16.9 Å². The number of carbonyl (C=O) groups excluding carboxylic acids is 1. The molecule has 0 saturated carbocycles. The molecule has 3 rings (SSSR count). The van der Waals surface area contributed by atoms with Crippen molar-refractivity contribution in [1.29, 1.82) is 0 Å². The summed E-state index contributed by atoms with van der Waals surface area (Å²) < 4.78 is 95.6. The topological polar surface area (TPSA) is 122 Å². The SMILES string of the molecule is CCS(=O)(=O)c1ccc(Cl)cc1CNC(=O)c1cc(Cl)c(CN2CCC/C(=N\S(C)(=O)=O)C2)c(OC(F)(F)F)c1. The Labute approximate surface area is 240 Å². The van der Waals surface area contributed by atoms with Crippen molar-refractivity contribution in [1.82, 2.24) is 10.2 Å². The fourth-order valence-corrected chi connectivity index (χ4v) is 6.32. The molecule has 1 aliphatic heterocycles. The fourth-order valence-electron chi connectivity index (χ4n) is 4.12. The van der Waals surface area contributed by atoms with Crippen molar-refractivity contribution in [2.24, 2.45) is 4.40 Å². The minimum Gasteiger partial charge on any atom is -0.405 e. The molecule has 40 heavy (non-hydrogen) atoms. The van der Waals surface area contributed by atoms with Gasteiger partial charge >= 0.3 is 6.36 Å². The number of nitrogens with one attached hydrogen (secondary N) is 1. The molecule has 0 atom stereocenters. The Hall–Kier alpha value is -2.39. The Morgan fingerprint density at radius 1 is 1.15 bits per heavy atom. The van der Waals surface area contributed by atoms with Gasteiger partial charge in [0.15, 0.2) is 9.84 Å². The van der Waals surface area contributed by atoms with Gasteiger partial charge in [-0.05, 0) is 55.3 Å². The second-order valence-electron chi connectivity index (χ2n) is 9.03. The number of amides is 1. The lowest BCUT2D eigenvalue weighted by Crippen LogP contribution is -2.36. The van der Waals surface area contributed by atoms with Crippen LogP contribution in [-0.4, -0.2) is 64.8 Å². The highest BCUT2D eigenvalue weighted by molar-refractivity contribution is 7.91. The van der Waals surface area contributed by atoms with E-state index in [4.69, 9.17) is 23.2 Å². The monoisotopic (exact) mass is 643 g/mol. The van der Waals surface area contributed by atoms with E-state index in [9.17, 15) is 34.8 Å². The van der Waals surface area contributed by atoms with Gasteiger partial charge in [-0.3, -0.25) is 9.69 Å². The molecule has 2 aromatic rings. The van der Waals surface area contributed by atoms with E-state index in [-0.39, 0.29) is 57.0 Å². The molecule has 0 aromatic heterocycles. The number of carbonyl (C=O) groups is 1. The van der Waals surface area contributed by atoms with Gasteiger partial charge in [-0.15, -0.1) is 13.2 Å². The number of rotatable bonds is 9. The largest absolute Gasteiger partial charge is 0.573 e. The van der Waals surface area contributed by atoms with E-state index in [1.807, 2.05) is 0 Å². The summed E-state index contributed by atoms with van der Waals surface area (Å²) in [6.07, 6.45) is -3.19. The Balaban J connectivity index is 1.89. The summed E-state index contributed by atoms with van der Waals surface area (Å²) in [5, 5.41) is 2.53. The summed E-state index contributed by atoms with van der Waals surface area (Å²) in [6.45, 7) is 1.59. The average Bonchev–Trinajstić information content (AvgIpc) is 2.82. The Kier molecular flexibility index (Phi) is 10.2. The normalized spacial score (nSPS) is 16.2. The molecule has 0 aliphatic carbocycles. The van der Waals surface area contributed by atoms with Crippen molar-refractivity contribution in [3.63, 3.8) is 0 Å². The highest BCUT2D eigenvalue weighted by atomic mass is 35.5. The van der Waals surface area contributed by atoms with Crippen LogP contribution in [-0.2, 0) is 33.0 Å². The lowest BCUT2D eigenvalue weighted by molar-refractivity contribution is -0.275. The number of sulfonamides is 1. The van der Waals surface area contributed by atoms with E-state index in [0.717, 1.165) is 12.3 Å². The molecular weight excluding hydrogens is 618 g/mol. The van der Waals surface area contributed by atoms with E-state index in [2.05, 4.69) is 14.5 Å². The third-order valence-electron chi connectivity index (χ3n) is 5.84. The molecule has 1 saturated heterocycles. The minimum atomic E-state index is -5.10. The van der Waals surface area contributed by atoms with Crippen LogP contribution in [0.15, 0.2) is 39.6 Å². The number of hydrogen-bond donors (Lipinski definition) is 1. The quantitative estimate of drug-likeness (QED) is 0.423. The van der Waals surface area contributed by atoms with Crippen LogP contribution in [0.5, 0.6) is 5.75 Å². The van der Waals surface area contributed by atoms with Crippen molar-refractivity contribution in [3.05, 3.63) is 57.1 Å². The molecule has 0 unspecified atom stereocenters. The predicted molar refractivity (Wildman–Crippen MR) is 145 cm³/mol. The summed E-state index contributed by atoms with van der Waals surface area (Å²) in [7, 11) is -7.29. The van der Waals surface area contributed by atoms with Gasteiger partial charge in [-0.25, -0.2) is 16.8 Å². The highest BCUT2D eigenvalue weighted by Crippen LogP contribution is 2.34. The maximum absolute atomic E-state index is 13.3. The number of ether oxygens (including phenoxy) is 1. The molecule has 1 fully saturated rings. The molecule has 1 aliphatic rings. The first-order valence-corrected chi connectivity index (χ1v) is 16.1. The van der Waals surface area contributed by atoms with Gasteiger partial charge in [0.2, 0.25) is 10.0 Å². The summed E-state index contributed by atoms with van der Waals surface area (Å²) in [5.74, 6) is -1.72. The zero-order valence-electron chi connectivity index (χ0n) is 21.4. The molecule has 1 N–H and O–H groups in total. The number of sulfone groups is 1. The number of hydrogen-bond acceptors (Lipinski definition) is 7. The fraction of sp³-hybridized carbons (Fsp3) is 0.417. The lowest BCUT2D eigenvalue weighted by Gasteiger charge is -2.28. The first-order chi connectivity index (χ1) is 18.5. The van der Waals surface area contributed by atoms with Crippen LogP contribution in [0.3, 0.4) is 0 Å². The molecule has 1 heterocycles. The van der Waals surface area contributed by atoms with Crippen molar-refractivity contribution < 1.29 is 39.5 Å². The lowest BCUT2D eigenvalue weighted by atomic mass is 10.1. The number of piperidine rings is 1. The maximum atomic E-state index is 13.3. The smallest absolute Gasteiger partial charge is 0.405 e. The third-order valence-corrected chi connectivity index (χ3v) is 8.83. The van der Waals surface area contributed by atoms with E-state index >= 15 is 0 Å². The van der Waals surface area contributed by atoms with Gasteiger partial charge in [0.25, 0.3) is 5.91 Å². The number of halogens is 5. The van der Waals surface area contributed by atoms with Crippen LogP contribution >= 0.6 is 23.2 Å². The summed E-state index contributed by atoms with van der Waals surface area (Å²) in [6, 6.07) is 6.15. The predicted octanol–water partition coefficient (Wildman–Crippen LogP) is 4.61. The highest BCUT2D eigenvalue weighted by Gasteiger charge is 2.34. The van der Waals surface area contributed by atoms with E-state index < -0.39 is 37.9 Å². The third kappa shape index (κ3) is 9.06. The minimum absolute atomic E-state index is 0.0329. The first-order valence-electron chi connectivity index (χ1n) is 11.8. The molecule has 16 heteroatoms. The van der Waals surface area contributed by atoms with E-state index in [1.165, 1.54) is 31.2 Å².